The zero-order valence-corrected chi connectivity index (χ0v) is 35.8. The molecule has 0 bridgehead atoms. The summed E-state index contributed by atoms with van der Waals surface area (Å²) in [4.78, 5) is 106. The quantitative estimate of drug-likeness (QED) is 0.0621. The van der Waals surface area contributed by atoms with E-state index in [-0.39, 0.29) is 55.3 Å². The summed E-state index contributed by atoms with van der Waals surface area (Å²) in [5.41, 5.74) is 1.90. The van der Waals surface area contributed by atoms with E-state index < -0.39 is 41.5 Å². The zero-order chi connectivity index (χ0) is 43.0. The Morgan fingerprint density at radius 2 is 1.34 bits per heavy atom. The highest BCUT2D eigenvalue weighted by Gasteiger charge is 2.45. The number of fused-ring (bicyclic) bond motifs is 1. The van der Waals surface area contributed by atoms with Crippen LogP contribution >= 0.6 is 27.7 Å². The van der Waals surface area contributed by atoms with Crippen molar-refractivity contribution in [1.82, 2.24) is 25.8 Å². The highest BCUT2D eigenvalue weighted by atomic mass is 79.9. The zero-order valence-electron chi connectivity index (χ0n) is 33.4. The van der Waals surface area contributed by atoms with Crippen LogP contribution in [-0.4, -0.2) is 89.3 Å². The number of piperidine rings is 1. The standard InChI is InChI=1S/C45H45BrN6O8S/c46-27-15-17-28(18-16-27)61-35-21-19-32-39-29(35)9-7-10-30(39)42(57)51(43(32)58)26-25-49-37(54)14-4-3-13-36(53)48-24-6-2-1-5-23-47-33-12-8-11-31-40(33)45(60)52(44(31)59)34-20-22-38(55)50-41(34)56/h7-12,15-19,21,34,47H,1-6,13-14,20,22-26H2,(H,48,53)(H,49,54)(H,50,55,56). The van der Waals surface area contributed by atoms with Crippen LogP contribution in [0, 0.1) is 0 Å². The number of carbonyl (C=O) groups is 8. The van der Waals surface area contributed by atoms with Crippen LogP contribution in [0.25, 0.3) is 10.8 Å². The highest BCUT2D eigenvalue weighted by molar-refractivity contribution is 9.10. The number of imide groups is 3. The van der Waals surface area contributed by atoms with Gasteiger partial charge < -0.3 is 16.0 Å². The summed E-state index contributed by atoms with van der Waals surface area (Å²) in [6, 6.07) is 21.0. The molecule has 0 spiro atoms. The van der Waals surface area contributed by atoms with E-state index in [4.69, 9.17) is 0 Å². The topological polar surface area (TPSA) is 191 Å². The first kappa shape index (κ1) is 43.2. The molecule has 0 aromatic heterocycles. The number of nitrogens with one attached hydrogen (secondary N) is 4. The van der Waals surface area contributed by atoms with Gasteiger partial charge >= 0.3 is 0 Å². The Balaban J connectivity index is 0.747. The van der Waals surface area contributed by atoms with Gasteiger partial charge in [-0.3, -0.25) is 53.5 Å². The Kier molecular flexibility index (Phi) is 13.9. The number of unbranched alkanes of at least 4 members (excludes halogenated alkanes) is 4. The van der Waals surface area contributed by atoms with E-state index in [2.05, 4.69) is 37.2 Å². The van der Waals surface area contributed by atoms with Crippen LogP contribution in [0.4, 0.5) is 5.69 Å². The molecule has 4 aromatic carbocycles. The number of amides is 8. The number of rotatable bonds is 19. The summed E-state index contributed by atoms with van der Waals surface area (Å²) < 4.78 is 0.979. The van der Waals surface area contributed by atoms with Gasteiger partial charge in [0.25, 0.3) is 23.6 Å². The lowest BCUT2D eigenvalue weighted by Gasteiger charge is -2.27. The van der Waals surface area contributed by atoms with Gasteiger partial charge in [-0.1, -0.05) is 58.7 Å². The van der Waals surface area contributed by atoms with E-state index in [0.29, 0.717) is 54.6 Å². The number of hydrogen-bond donors (Lipinski definition) is 4. The van der Waals surface area contributed by atoms with E-state index in [1.807, 2.05) is 42.5 Å². The molecule has 1 atom stereocenters. The van der Waals surface area contributed by atoms with Gasteiger partial charge in [0.05, 0.1) is 11.1 Å². The summed E-state index contributed by atoms with van der Waals surface area (Å²) in [5, 5.41) is 12.7. The molecule has 4 aromatic rings. The molecule has 8 amide bonds. The minimum Gasteiger partial charge on any atom is -0.384 e. The van der Waals surface area contributed by atoms with Crippen molar-refractivity contribution in [2.45, 2.75) is 80.0 Å². The number of halogens is 1. The monoisotopic (exact) mass is 908 g/mol. The molecule has 316 valence electrons. The maximum Gasteiger partial charge on any atom is 0.264 e. The van der Waals surface area contributed by atoms with Crippen LogP contribution in [0.5, 0.6) is 0 Å². The van der Waals surface area contributed by atoms with Crippen molar-refractivity contribution < 1.29 is 38.4 Å². The van der Waals surface area contributed by atoms with Gasteiger partial charge in [0.2, 0.25) is 23.6 Å². The molecule has 3 heterocycles. The molecule has 1 fully saturated rings. The molecule has 1 unspecified atom stereocenters. The Bertz CT molecular complexity index is 2400. The van der Waals surface area contributed by atoms with Crippen molar-refractivity contribution >= 4 is 91.4 Å². The molecule has 7 rings (SSSR count). The van der Waals surface area contributed by atoms with Crippen LogP contribution < -0.4 is 21.3 Å². The molecule has 0 saturated carbocycles. The van der Waals surface area contributed by atoms with Crippen LogP contribution in [0.3, 0.4) is 0 Å². The molecule has 3 aliphatic heterocycles. The predicted molar refractivity (Wildman–Crippen MR) is 232 cm³/mol. The third-order valence-corrected chi connectivity index (χ3v) is 12.5. The molecule has 1 saturated heterocycles. The van der Waals surface area contributed by atoms with Crippen molar-refractivity contribution in [1.29, 1.82) is 0 Å². The smallest absolute Gasteiger partial charge is 0.264 e. The van der Waals surface area contributed by atoms with Gasteiger partial charge in [0, 0.05) is 81.9 Å². The maximum atomic E-state index is 13.5. The van der Waals surface area contributed by atoms with Gasteiger partial charge in [0.1, 0.15) is 6.04 Å². The van der Waals surface area contributed by atoms with Crippen molar-refractivity contribution in [3.8, 4) is 0 Å². The van der Waals surface area contributed by atoms with Gasteiger partial charge in [0.15, 0.2) is 0 Å². The maximum absolute atomic E-state index is 13.5. The summed E-state index contributed by atoms with van der Waals surface area (Å²) >= 11 is 5.02. The molecule has 61 heavy (non-hydrogen) atoms. The average molecular weight is 910 g/mol. The molecular formula is C45H45BrN6O8S. The normalized spacial score (nSPS) is 15.9. The summed E-state index contributed by atoms with van der Waals surface area (Å²) in [6.07, 6.45) is 5.07. The second-order valence-electron chi connectivity index (χ2n) is 15.1. The van der Waals surface area contributed by atoms with Gasteiger partial charge in [-0.15, -0.1) is 0 Å². The molecule has 16 heteroatoms. The molecule has 0 radical (unpaired) electrons. The van der Waals surface area contributed by atoms with Crippen LogP contribution in [-0.2, 0) is 19.2 Å². The fraction of sp³-hybridized carbons (Fsp3) is 0.333. The Morgan fingerprint density at radius 3 is 2.07 bits per heavy atom. The lowest BCUT2D eigenvalue weighted by Crippen LogP contribution is -2.54. The van der Waals surface area contributed by atoms with Crippen LogP contribution in [0.1, 0.15) is 106 Å². The van der Waals surface area contributed by atoms with Crippen molar-refractivity contribution in [3.05, 3.63) is 99.5 Å². The third-order valence-electron chi connectivity index (χ3n) is 10.9. The Labute approximate surface area is 365 Å². The highest BCUT2D eigenvalue weighted by Crippen LogP contribution is 2.39. The first-order valence-corrected chi connectivity index (χ1v) is 22.1. The second-order valence-corrected chi connectivity index (χ2v) is 17.1. The number of anilines is 1. The Hall–Kier alpha value is -5.87. The third kappa shape index (κ3) is 9.86. The number of nitrogens with zero attached hydrogens (tertiary/aromatic N) is 2. The van der Waals surface area contributed by atoms with Gasteiger partial charge in [-0.05, 0) is 92.1 Å². The first-order valence-electron chi connectivity index (χ1n) is 20.5. The summed E-state index contributed by atoms with van der Waals surface area (Å²) in [6.45, 7) is 1.25. The van der Waals surface area contributed by atoms with E-state index >= 15 is 0 Å². The number of carbonyl (C=O) groups excluding carboxylic acids is 8. The van der Waals surface area contributed by atoms with E-state index in [1.165, 1.54) is 4.90 Å². The Morgan fingerprint density at radius 1 is 0.689 bits per heavy atom. The average Bonchev–Trinajstić information content (AvgIpc) is 3.50. The SMILES string of the molecule is O=C(CCCCC(=O)NCCN1C(=O)c2cccc3c(Sc4ccc(Br)cc4)ccc(c23)C1=O)NCCCCCCNc1cccc2c1C(=O)N(C1CCC(=O)NC1=O)C2=O. The van der Waals surface area contributed by atoms with E-state index in [0.717, 1.165) is 50.2 Å². The molecule has 4 N–H and O–H groups in total. The minimum atomic E-state index is -1.02. The molecule has 14 nitrogen and oxygen atoms in total. The lowest BCUT2D eigenvalue weighted by atomic mass is 9.94. The fourth-order valence-corrected chi connectivity index (χ4v) is 9.02. The number of benzene rings is 4. The van der Waals surface area contributed by atoms with E-state index in [9.17, 15) is 38.4 Å². The molecular weight excluding hydrogens is 864 g/mol. The van der Waals surface area contributed by atoms with Gasteiger partial charge in [-0.2, -0.15) is 0 Å². The largest absolute Gasteiger partial charge is 0.384 e. The minimum absolute atomic E-state index is 0.0402. The molecule has 3 aliphatic rings. The summed E-state index contributed by atoms with van der Waals surface area (Å²) in [5.74, 6) is -3.24. The van der Waals surface area contributed by atoms with Gasteiger partial charge in [-0.25, -0.2) is 0 Å². The second kappa shape index (κ2) is 19.7. The fourth-order valence-electron chi connectivity index (χ4n) is 7.81. The summed E-state index contributed by atoms with van der Waals surface area (Å²) in [7, 11) is 0. The van der Waals surface area contributed by atoms with Crippen molar-refractivity contribution in [3.63, 3.8) is 0 Å². The van der Waals surface area contributed by atoms with E-state index in [1.54, 1.807) is 42.1 Å². The predicted octanol–water partition coefficient (Wildman–Crippen LogP) is 6.22. The van der Waals surface area contributed by atoms with Crippen molar-refractivity contribution in [2.75, 3.05) is 31.5 Å². The lowest BCUT2D eigenvalue weighted by molar-refractivity contribution is -0.136. The number of hydrogen-bond acceptors (Lipinski definition) is 10. The van der Waals surface area contributed by atoms with Crippen LogP contribution in [0.2, 0.25) is 0 Å². The first-order chi connectivity index (χ1) is 29.5. The van der Waals surface area contributed by atoms with Crippen LogP contribution in [0.15, 0.2) is 87.1 Å². The van der Waals surface area contributed by atoms with Crippen molar-refractivity contribution in [2.24, 2.45) is 0 Å². The molecule has 0 aliphatic carbocycles.